The van der Waals surface area contributed by atoms with Gasteiger partial charge in [0.1, 0.15) is 17.3 Å². The van der Waals surface area contributed by atoms with E-state index in [0.717, 1.165) is 11.3 Å². The molecule has 0 radical (unpaired) electrons. The molecule has 0 unspecified atom stereocenters. The number of para-hydroxylation sites is 1. The number of amides is 2. The SMILES string of the molecule is COc1ccccc1CNC(=O)c1cnc(N2CCN(C(C)=O)CC2)cn1. The lowest BCUT2D eigenvalue weighted by Crippen LogP contribution is -2.48. The molecule has 0 saturated carbocycles. The molecule has 0 atom stereocenters. The molecule has 0 aliphatic carbocycles. The van der Waals surface area contributed by atoms with Gasteiger partial charge in [-0.3, -0.25) is 9.59 Å². The average Bonchev–Trinajstić information content (AvgIpc) is 2.72. The molecular weight excluding hydrogens is 346 g/mol. The Kier molecular flexibility index (Phi) is 5.85. The second-order valence-corrected chi connectivity index (χ2v) is 6.25. The van der Waals surface area contributed by atoms with Crippen molar-refractivity contribution >= 4 is 17.6 Å². The number of ether oxygens (including phenoxy) is 1. The normalized spacial score (nSPS) is 14.0. The highest BCUT2D eigenvalue weighted by Crippen LogP contribution is 2.17. The first kappa shape index (κ1) is 18.6. The fraction of sp³-hybridized carbons (Fsp3) is 0.368. The Hall–Kier alpha value is -3.16. The number of aromatic nitrogens is 2. The van der Waals surface area contributed by atoms with Gasteiger partial charge in [-0.1, -0.05) is 18.2 Å². The molecule has 0 bridgehead atoms. The minimum atomic E-state index is -0.290. The molecule has 1 aliphatic rings. The fourth-order valence-corrected chi connectivity index (χ4v) is 2.97. The van der Waals surface area contributed by atoms with E-state index in [-0.39, 0.29) is 17.5 Å². The van der Waals surface area contributed by atoms with Crippen molar-refractivity contribution in [1.29, 1.82) is 0 Å². The highest BCUT2D eigenvalue weighted by Gasteiger charge is 2.20. The van der Waals surface area contributed by atoms with Crippen molar-refractivity contribution in [3.05, 3.63) is 47.9 Å². The highest BCUT2D eigenvalue weighted by molar-refractivity contribution is 5.92. The summed E-state index contributed by atoms with van der Waals surface area (Å²) in [6.45, 7) is 4.66. The van der Waals surface area contributed by atoms with Crippen molar-refractivity contribution in [2.45, 2.75) is 13.5 Å². The van der Waals surface area contributed by atoms with E-state index < -0.39 is 0 Å². The number of nitrogens with one attached hydrogen (secondary N) is 1. The zero-order chi connectivity index (χ0) is 19.2. The third-order valence-corrected chi connectivity index (χ3v) is 4.55. The molecule has 3 rings (SSSR count). The summed E-state index contributed by atoms with van der Waals surface area (Å²) in [4.78, 5) is 36.2. The number of hydrogen-bond acceptors (Lipinski definition) is 6. The standard InChI is InChI=1S/C19H23N5O3/c1-14(25)23-7-9-24(10-8-23)18-13-20-16(12-21-18)19(26)22-11-15-5-3-4-6-17(15)27-2/h3-6,12-13H,7-11H2,1-2H3,(H,22,26). The van der Waals surface area contributed by atoms with E-state index in [1.807, 2.05) is 29.2 Å². The molecule has 142 valence electrons. The van der Waals surface area contributed by atoms with E-state index in [1.54, 1.807) is 20.2 Å². The minimum Gasteiger partial charge on any atom is -0.496 e. The first-order valence-electron chi connectivity index (χ1n) is 8.81. The maximum absolute atomic E-state index is 12.3. The van der Waals surface area contributed by atoms with Crippen molar-refractivity contribution in [2.75, 3.05) is 38.2 Å². The largest absolute Gasteiger partial charge is 0.496 e. The summed E-state index contributed by atoms with van der Waals surface area (Å²) >= 11 is 0. The number of hydrogen-bond donors (Lipinski definition) is 1. The number of nitrogens with zero attached hydrogens (tertiary/aromatic N) is 4. The molecule has 1 aromatic carbocycles. The van der Waals surface area contributed by atoms with Crippen LogP contribution in [0.4, 0.5) is 5.82 Å². The summed E-state index contributed by atoms with van der Waals surface area (Å²) in [7, 11) is 1.60. The molecule has 2 aromatic rings. The molecular formula is C19H23N5O3. The third-order valence-electron chi connectivity index (χ3n) is 4.55. The van der Waals surface area contributed by atoms with Crippen LogP contribution in [0.15, 0.2) is 36.7 Å². The molecule has 0 spiro atoms. The lowest BCUT2D eigenvalue weighted by molar-refractivity contribution is -0.129. The summed E-state index contributed by atoms with van der Waals surface area (Å²) in [6.07, 6.45) is 3.08. The minimum absolute atomic E-state index is 0.0859. The van der Waals surface area contributed by atoms with Gasteiger partial charge in [0.2, 0.25) is 5.91 Å². The predicted molar refractivity (Wildman–Crippen MR) is 101 cm³/mol. The molecule has 2 amide bonds. The van der Waals surface area contributed by atoms with E-state index in [0.29, 0.717) is 38.5 Å². The monoisotopic (exact) mass is 369 g/mol. The molecule has 1 fully saturated rings. The average molecular weight is 369 g/mol. The van der Waals surface area contributed by atoms with Gasteiger partial charge in [0.15, 0.2) is 0 Å². The van der Waals surface area contributed by atoms with Crippen LogP contribution in [-0.4, -0.2) is 60.0 Å². The Balaban J connectivity index is 1.57. The zero-order valence-corrected chi connectivity index (χ0v) is 15.5. The molecule has 1 saturated heterocycles. The van der Waals surface area contributed by atoms with Crippen LogP contribution < -0.4 is 15.0 Å². The number of anilines is 1. The Labute approximate surface area is 158 Å². The fourth-order valence-electron chi connectivity index (χ4n) is 2.97. The number of benzene rings is 1. The van der Waals surface area contributed by atoms with Gasteiger partial charge in [-0.2, -0.15) is 0 Å². The van der Waals surface area contributed by atoms with Crippen molar-refractivity contribution in [3.63, 3.8) is 0 Å². The van der Waals surface area contributed by atoms with Crippen LogP contribution in [0.5, 0.6) is 5.75 Å². The van der Waals surface area contributed by atoms with E-state index in [1.165, 1.54) is 6.20 Å². The second-order valence-electron chi connectivity index (χ2n) is 6.25. The first-order chi connectivity index (χ1) is 13.1. The second kappa shape index (κ2) is 8.48. The van der Waals surface area contributed by atoms with Crippen LogP contribution in [0.3, 0.4) is 0 Å². The topological polar surface area (TPSA) is 87.7 Å². The molecule has 2 heterocycles. The van der Waals surface area contributed by atoms with Crippen LogP contribution >= 0.6 is 0 Å². The summed E-state index contributed by atoms with van der Waals surface area (Å²) in [6, 6.07) is 7.52. The Morgan fingerprint density at radius 3 is 2.48 bits per heavy atom. The zero-order valence-electron chi connectivity index (χ0n) is 15.5. The van der Waals surface area contributed by atoms with Gasteiger partial charge in [-0.05, 0) is 6.07 Å². The smallest absolute Gasteiger partial charge is 0.271 e. The summed E-state index contributed by atoms with van der Waals surface area (Å²) in [5.74, 6) is 1.23. The van der Waals surface area contributed by atoms with E-state index in [2.05, 4.69) is 20.2 Å². The molecule has 8 nitrogen and oxygen atoms in total. The number of carbonyl (C=O) groups excluding carboxylic acids is 2. The van der Waals surface area contributed by atoms with E-state index in [4.69, 9.17) is 4.74 Å². The lowest BCUT2D eigenvalue weighted by atomic mass is 10.2. The van der Waals surface area contributed by atoms with Crippen molar-refractivity contribution < 1.29 is 14.3 Å². The molecule has 1 aromatic heterocycles. The maximum atomic E-state index is 12.3. The number of piperazine rings is 1. The van der Waals surface area contributed by atoms with Crippen molar-refractivity contribution in [2.24, 2.45) is 0 Å². The third kappa shape index (κ3) is 4.52. The Morgan fingerprint density at radius 2 is 1.85 bits per heavy atom. The van der Waals surface area contributed by atoms with Gasteiger partial charge < -0.3 is 19.9 Å². The van der Waals surface area contributed by atoms with Gasteiger partial charge in [0, 0.05) is 45.2 Å². The van der Waals surface area contributed by atoms with E-state index in [9.17, 15) is 9.59 Å². The number of rotatable bonds is 5. The van der Waals surface area contributed by atoms with Crippen LogP contribution in [0.25, 0.3) is 0 Å². The van der Waals surface area contributed by atoms with Gasteiger partial charge in [-0.25, -0.2) is 9.97 Å². The number of carbonyl (C=O) groups is 2. The summed E-state index contributed by atoms with van der Waals surface area (Å²) in [5.41, 5.74) is 1.15. The van der Waals surface area contributed by atoms with Gasteiger partial charge in [0.25, 0.3) is 5.91 Å². The molecule has 1 aliphatic heterocycles. The number of methoxy groups -OCH3 is 1. The molecule has 1 N–H and O–H groups in total. The maximum Gasteiger partial charge on any atom is 0.271 e. The quantitative estimate of drug-likeness (QED) is 0.849. The predicted octanol–water partition coefficient (Wildman–Crippen LogP) is 1.08. The molecule has 27 heavy (non-hydrogen) atoms. The first-order valence-corrected chi connectivity index (χ1v) is 8.81. The van der Waals surface area contributed by atoms with Crippen molar-refractivity contribution in [1.82, 2.24) is 20.2 Å². The Morgan fingerprint density at radius 1 is 1.11 bits per heavy atom. The molecule has 8 heteroatoms. The summed E-state index contributed by atoms with van der Waals surface area (Å²) < 4.78 is 5.28. The van der Waals surface area contributed by atoms with Crippen LogP contribution in [0.2, 0.25) is 0 Å². The van der Waals surface area contributed by atoms with Gasteiger partial charge in [0.05, 0.1) is 19.5 Å². The van der Waals surface area contributed by atoms with Crippen LogP contribution in [0, 0.1) is 0 Å². The lowest BCUT2D eigenvalue weighted by Gasteiger charge is -2.34. The Bertz CT molecular complexity index is 801. The summed E-state index contributed by atoms with van der Waals surface area (Å²) in [5, 5.41) is 2.83. The van der Waals surface area contributed by atoms with Crippen molar-refractivity contribution in [3.8, 4) is 5.75 Å². The van der Waals surface area contributed by atoms with Gasteiger partial charge in [-0.15, -0.1) is 0 Å². The van der Waals surface area contributed by atoms with Crippen LogP contribution in [0.1, 0.15) is 23.0 Å². The van der Waals surface area contributed by atoms with E-state index >= 15 is 0 Å². The van der Waals surface area contributed by atoms with Crippen LogP contribution in [-0.2, 0) is 11.3 Å². The highest BCUT2D eigenvalue weighted by atomic mass is 16.5. The van der Waals surface area contributed by atoms with Gasteiger partial charge >= 0.3 is 0 Å².